The van der Waals surface area contributed by atoms with Crippen LogP contribution in [0.3, 0.4) is 0 Å². The second-order valence-electron chi connectivity index (χ2n) is 5.51. The van der Waals surface area contributed by atoms with Crippen molar-refractivity contribution in [2.45, 2.75) is 6.42 Å². The van der Waals surface area contributed by atoms with Crippen molar-refractivity contribution in [2.75, 3.05) is 19.4 Å². The lowest BCUT2D eigenvalue weighted by Crippen LogP contribution is -2.24. The second kappa shape index (κ2) is 7.81. The van der Waals surface area contributed by atoms with Gasteiger partial charge in [-0.2, -0.15) is 0 Å². The average molecular weight is 353 g/mol. The Hall–Kier alpha value is -2.86. The molecule has 3 aromatic rings. The van der Waals surface area contributed by atoms with Crippen molar-refractivity contribution in [1.82, 2.24) is 10.3 Å². The van der Waals surface area contributed by atoms with Gasteiger partial charge in [0, 0.05) is 17.8 Å². The molecule has 0 saturated heterocycles. The van der Waals surface area contributed by atoms with Crippen molar-refractivity contribution in [3.05, 3.63) is 65.2 Å². The molecule has 1 aromatic heterocycles. The van der Waals surface area contributed by atoms with Crippen molar-refractivity contribution in [1.29, 1.82) is 0 Å². The van der Waals surface area contributed by atoms with Gasteiger partial charge >= 0.3 is 0 Å². The molecule has 25 heavy (non-hydrogen) atoms. The minimum atomic E-state index is -0.110. The van der Waals surface area contributed by atoms with Gasteiger partial charge in [0.2, 0.25) is 0 Å². The van der Waals surface area contributed by atoms with Crippen LogP contribution in [0.4, 0.5) is 5.69 Å². The number of aromatic nitrogens is 1. The molecule has 1 amide bonds. The summed E-state index contributed by atoms with van der Waals surface area (Å²) < 4.78 is 5.13. The zero-order valence-corrected chi connectivity index (χ0v) is 14.7. The number of methoxy groups -OCH3 is 1. The van der Waals surface area contributed by atoms with E-state index in [0.717, 1.165) is 28.3 Å². The number of carbonyl (C=O) groups excluding carboxylic acids is 1. The number of nitrogens with one attached hydrogen (secondary N) is 1. The highest BCUT2D eigenvalue weighted by atomic mass is 32.1. The Labute approximate surface area is 150 Å². The summed E-state index contributed by atoms with van der Waals surface area (Å²) in [7, 11) is 1.64. The van der Waals surface area contributed by atoms with Crippen LogP contribution in [0.5, 0.6) is 5.75 Å². The molecule has 0 bridgehead atoms. The number of anilines is 1. The summed E-state index contributed by atoms with van der Waals surface area (Å²) in [6, 6.07) is 15.3. The van der Waals surface area contributed by atoms with Crippen LogP contribution in [-0.2, 0) is 6.42 Å². The number of nitrogens with zero attached hydrogens (tertiary/aromatic N) is 1. The first-order chi connectivity index (χ1) is 12.2. The number of amides is 1. The summed E-state index contributed by atoms with van der Waals surface area (Å²) in [4.78, 5) is 17.2. The van der Waals surface area contributed by atoms with Crippen LogP contribution in [-0.4, -0.2) is 24.5 Å². The number of benzene rings is 2. The van der Waals surface area contributed by atoms with Crippen LogP contribution >= 0.6 is 11.3 Å². The van der Waals surface area contributed by atoms with Crippen molar-refractivity contribution < 1.29 is 9.53 Å². The maximum absolute atomic E-state index is 12.3. The fourth-order valence-electron chi connectivity index (χ4n) is 2.38. The van der Waals surface area contributed by atoms with E-state index < -0.39 is 0 Å². The van der Waals surface area contributed by atoms with Gasteiger partial charge in [-0.3, -0.25) is 4.79 Å². The number of ether oxygens (including phenoxy) is 1. The summed E-state index contributed by atoms with van der Waals surface area (Å²) in [6.07, 6.45) is 2.36. The molecule has 0 spiro atoms. The Balaban J connectivity index is 1.56. The Morgan fingerprint density at radius 3 is 2.76 bits per heavy atom. The molecule has 128 valence electrons. The molecule has 0 fully saturated rings. The number of nitrogens with two attached hydrogens (primary N) is 1. The molecule has 5 nitrogen and oxygen atoms in total. The lowest BCUT2D eigenvalue weighted by Gasteiger charge is -2.05. The van der Waals surface area contributed by atoms with E-state index in [0.29, 0.717) is 17.1 Å². The molecule has 0 aliphatic carbocycles. The van der Waals surface area contributed by atoms with Crippen molar-refractivity contribution >= 4 is 22.9 Å². The highest BCUT2D eigenvalue weighted by molar-refractivity contribution is 7.16. The Kier molecular flexibility index (Phi) is 5.30. The maximum Gasteiger partial charge on any atom is 0.263 e. The number of hydrogen-bond donors (Lipinski definition) is 2. The molecule has 1 heterocycles. The van der Waals surface area contributed by atoms with Gasteiger partial charge in [-0.25, -0.2) is 4.98 Å². The van der Waals surface area contributed by atoms with Gasteiger partial charge in [0.25, 0.3) is 5.91 Å². The van der Waals surface area contributed by atoms with E-state index in [2.05, 4.69) is 10.3 Å². The third kappa shape index (κ3) is 4.36. The topological polar surface area (TPSA) is 77.2 Å². The molecule has 0 aliphatic heterocycles. The minimum Gasteiger partial charge on any atom is -0.497 e. The monoisotopic (exact) mass is 353 g/mol. The smallest absolute Gasteiger partial charge is 0.263 e. The largest absolute Gasteiger partial charge is 0.497 e. The first-order valence-electron chi connectivity index (χ1n) is 7.88. The average Bonchev–Trinajstić information content (AvgIpc) is 3.12. The number of nitrogen functional groups attached to an aromatic ring is 1. The first-order valence-corrected chi connectivity index (χ1v) is 8.70. The van der Waals surface area contributed by atoms with E-state index >= 15 is 0 Å². The van der Waals surface area contributed by atoms with Crippen LogP contribution in [0.2, 0.25) is 0 Å². The van der Waals surface area contributed by atoms with Crippen LogP contribution in [0.15, 0.2) is 54.7 Å². The molecule has 0 saturated carbocycles. The summed E-state index contributed by atoms with van der Waals surface area (Å²) in [6.45, 7) is 0.566. The van der Waals surface area contributed by atoms with Crippen LogP contribution in [0, 0.1) is 0 Å². The molecular formula is C19H19N3O2S. The van der Waals surface area contributed by atoms with Crippen molar-refractivity contribution in [2.24, 2.45) is 0 Å². The molecule has 0 atom stereocenters. The summed E-state index contributed by atoms with van der Waals surface area (Å²) >= 11 is 1.36. The summed E-state index contributed by atoms with van der Waals surface area (Å²) in [5.74, 6) is 0.715. The fourth-order valence-corrected chi connectivity index (χ4v) is 3.21. The van der Waals surface area contributed by atoms with E-state index in [9.17, 15) is 4.79 Å². The van der Waals surface area contributed by atoms with Gasteiger partial charge in [-0.1, -0.05) is 24.3 Å². The van der Waals surface area contributed by atoms with E-state index in [1.54, 1.807) is 13.3 Å². The summed E-state index contributed by atoms with van der Waals surface area (Å²) in [5.41, 5.74) is 8.53. The van der Waals surface area contributed by atoms with E-state index in [1.807, 2.05) is 48.5 Å². The Bertz CT molecular complexity index is 859. The third-order valence-electron chi connectivity index (χ3n) is 3.72. The lowest BCUT2D eigenvalue weighted by molar-refractivity contribution is 0.0958. The van der Waals surface area contributed by atoms with Gasteiger partial charge in [-0.05, 0) is 36.2 Å². The highest BCUT2D eigenvalue weighted by Gasteiger charge is 2.11. The van der Waals surface area contributed by atoms with Crippen molar-refractivity contribution in [3.63, 3.8) is 0 Å². The predicted molar refractivity (Wildman–Crippen MR) is 101 cm³/mol. The van der Waals surface area contributed by atoms with Gasteiger partial charge in [0.05, 0.1) is 13.3 Å². The molecular weight excluding hydrogens is 334 g/mol. The summed E-state index contributed by atoms with van der Waals surface area (Å²) in [5, 5.41) is 3.71. The third-order valence-corrected chi connectivity index (χ3v) is 4.77. The lowest BCUT2D eigenvalue weighted by atomic mass is 10.1. The van der Waals surface area contributed by atoms with Gasteiger partial charge in [0.1, 0.15) is 15.6 Å². The van der Waals surface area contributed by atoms with Gasteiger partial charge in [0.15, 0.2) is 0 Å². The number of hydrogen-bond acceptors (Lipinski definition) is 5. The quantitative estimate of drug-likeness (QED) is 0.666. The molecule has 0 aliphatic rings. The van der Waals surface area contributed by atoms with E-state index in [1.165, 1.54) is 11.3 Å². The van der Waals surface area contributed by atoms with E-state index in [-0.39, 0.29) is 5.91 Å². The highest BCUT2D eigenvalue weighted by Crippen LogP contribution is 2.26. The number of rotatable bonds is 6. The number of thiazole rings is 1. The molecule has 2 aromatic carbocycles. The van der Waals surface area contributed by atoms with E-state index in [4.69, 9.17) is 10.5 Å². The van der Waals surface area contributed by atoms with Crippen LogP contribution in [0.1, 0.15) is 15.2 Å². The Morgan fingerprint density at radius 2 is 2.04 bits per heavy atom. The van der Waals surface area contributed by atoms with Gasteiger partial charge in [-0.15, -0.1) is 11.3 Å². The maximum atomic E-state index is 12.3. The molecule has 3 N–H and O–H groups in total. The molecule has 3 rings (SSSR count). The number of carbonyl (C=O) groups is 1. The SMILES string of the molecule is COc1ccc(CCNC(=O)c2cnc(-c3cccc(N)c3)s2)cc1. The van der Waals surface area contributed by atoms with Crippen molar-refractivity contribution in [3.8, 4) is 16.3 Å². The van der Waals surface area contributed by atoms with Crippen LogP contribution < -0.4 is 15.8 Å². The first kappa shape index (κ1) is 17.0. The predicted octanol–water partition coefficient (Wildman–Crippen LogP) is 3.37. The molecule has 0 unspecified atom stereocenters. The zero-order chi connectivity index (χ0) is 17.6. The Morgan fingerprint density at radius 1 is 1.24 bits per heavy atom. The molecule has 0 radical (unpaired) electrons. The molecule has 6 heteroatoms. The van der Waals surface area contributed by atoms with Gasteiger partial charge < -0.3 is 15.8 Å². The standard InChI is InChI=1S/C19H19N3O2S/c1-24-16-7-5-13(6-8-16)9-10-21-18(23)17-12-22-19(25-17)14-3-2-4-15(20)11-14/h2-8,11-12H,9-10,20H2,1H3,(H,21,23). The fraction of sp³-hybridized carbons (Fsp3) is 0.158. The van der Waals surface area contributed by atoms with Crippen LogP contribution in [0.25, 0.3) is 10.6 Å². The normalized spacial score (nSPS) is 10.4. The zero-order valence-electron chi connectivity index (χ0n) is 13.9. The second-order valence-corrected chi connectivity index (χ2v) is 6.54. The minimum absolute atomic E-state index is 0.110.